The maximum absolute atomic E-state index is 5.67. The molecule has 1 aliphatic rings. The van der Waals surface area contributed by atoms with Gasteiger partial charge in [0.15, 0.2) is 11.5 Å². The Morgan fingerprint density at radius 2 is 2.29 bits per heavy atom. The first kappa shape index (κ1) is 8.00. The van der Waals surface area contributed by atoms with Crippen molar-refractivity contribution in [3.05, 3.63) is 29.7 Å². The number of nitrogens with zero attached hydrogens (tertiary/aromatic N) is 1. The molecule has 1 aromatic carbocycles. The molecule has 0 unspecified atom stereocenters. The lowest BCUT2D eigenvalue weighted by Crippen LogP contribution is -1.96. The first-order valence-electron chi connectivity index (χ1n) is 4.97. The largest absolute Gasteiger partial charge is 0.440 e. The third kappa shape index (κ3) is 1.13. The summed E-state index contributed by atoms with van der Waals surface area (Å²) < 4.78 is 5.67. The third-order valence-electron chi connectivity index (χ3n) is 2.67. The van der Waals surface area contributed by atoms with E-state index >= 15 is 0 Å². The molecule has 72 valence electrons. The van der Waals surface area contributed by atoms with E-state index < -0.39 is 0 Å². The molecule has 3 rings (SSSR count). The number of hydrogen-bond donors (Lipinski definition) is 1. The van der Waals surface area contributed by atoms with Crippen LogP contribution in [0.2, 0.25) is 0 Å². The van der Waals surface area contributed by atoms with Gasteiger partial charge in [-0.25, -0.2) is 4.98 Å². The van der Waals surface area contributed by atoms with Crippen LogP contribution in [-0.4, -0.2) is 4.98 Å². The van der Waals surface area contributed by atoms with E-state index in [4.69, 9.17) is 10.2 Å². The van der Waals surface area contributed by atoms with E-state index in [0.717, 1.165) is 22.6 Å². The molecular weight excluding hydrogens is 176 g/mol. The molecule has 1 aliphatic carbocycles. The standard InChI is InChI=1S/C11H12N2O/c12-6-8-2-1-3-9-10(8)13-11(14-9)7-4-5-7/h1-3,7H,4-6,12H2. The highest BCUT2D eigenvalue weighted by Gasteiger charge is 2.29. The number of benzene rings is 1. The molecule has 2 aromatic rings. The zero-order valence-electron chi connectivity index (χ0n) is 7.86. The van der Waals surface area contributed by atoms with Crippen LogP contribution in [0.25, 0.3) is 11.1 Å². The van der Waals surface area contributed by atoms with Crippen molar-refractivity contribution in [3.8, 4) is 0 Å². The maximum Gasteiger partial charge on any atom is 0.198 e. The third-order valence-corrected chi connectivity index (χ3v) is 2.67. The predicted octanol–water partition coefficient (Wildman–Crippen LogP) is 2.16. The molecule has 0 radical (unpaired) electrons. The van der Waals surface area contributed by atoms with Gasteiger partial charge in [0.25, 0.3) is 0 Å². The number of nitrogens with two attached hydrogens (primary N) is 1. The second kappa shape index (κ2) is 2.82. The molecule has 0 atom stereocenters. The smallest absolute Gasteiger partial charge is 0.198 e. The Kier molecular flexibility index (Phi) is 1.61. The number of para-hydroxylation sites is 1. The zero-order valence-corrected chi connectivity index (χ0v) is 7.86. The molecule has 0 amide bonds. The van der Waals surface area contributed by atoms with Gasteiger partial charge in [0, 0.05) is 12.5 Å². The molecule has 1 aromatic heterocycles. The van der Waals surface area contributed by atoms with Crippen LogP contribution in [-0.2, 0) is 6.54 Å². The number of fused-ring (bicyclic) bond motifs is 1. The van der Waals surface area contributed by atoms with Crippen molar-refractivity contribution < 1.29 is 4.42 Å². The quantitative estimate of drug-likeness (QED) is 0.785. The van der Waals surface area contributed by atoms with Crippen molar-refractivity contribution in [1.29, 1.82) is 0 Å². The first-order chi connectivity index (χ1) is 6.88. The van der Waals surface area contributed by atoms with Crippen molar-refractivity contribution in [3.63, 3.8) is 0 Å². The van der Waals surface area contributed by atoms with Crippen LogP contribution in [0, 0.1) is 0 Å². The SMILES string of the molecule is NCc1cccc2oc(C3CC3)nc12. The van der Waals surface area contributed by atoms with Gasteiger partial charge in [-0.05, 0) is 24.5 Å². The molecule has 0 saturated heterocycles. The van der Waals surface area contributed by atoms with Crippen molar-refractivity contribution in [2.75, 3.05) is 0 Å². The fraction of sp³-hybridized carbons (Fsp3) is 0.364. The highest BCUT2D eigenvalue weighted by molar-refractivity contribution is 5.76. The van der Waals surface area contributed by atoms with E-state index in [1.165, 1.54) is 12.8 Å². The fourth-order valence-electron chi connectivity index (χ4n) is 1.69. The van der Waals surface area contributed by atoms with Crippen LogP contribution in [0.1, 0.15) is 30.2 Å². The van der Waals surface area contributed by atoms with Gasteiger partial charge < -0.3 is 10.2 Å². The summed E-state index contributed by atoms with van der Waals surface area (Å²) in [5.74, 6) is 1.45. The van der Waals surface area contributed by atoms with Crippen molar-refractivity contribution in [2.45, 2.75) is 25.3 Å². The number of aromatic nitrogens is 1. The normalized spacial score (nSPS) is 16.4. The van der Waals surface area contributed by atoms with Gasteiger partial charge in [-0.15, -0.1) is 0 Å². The second-order valence-corrected chi connectivity index (χ2v) is 3.79. The van der Waals surface area contributed by atoms with E-state index in [1.807, 2.05) is 18.2 Å². The molecular formula is C11H12N2O. The van der Waals surface area contributed by atoms with Crippen LogP contribution >= 0.6 is 0 Å². The molecule has 3 nitrogen and oxygen atoms in total. The van der Waals surface area contributed by atoms with E-state index in [0.29, 0.717) is 12.5 Å². The van der Waals surface area contributed by atoms with Crippen molar-refractivity contribution in [2.24, 2.45) is 5.73 Å². The van der Waals surface area contributed by atoms with Gasteiger partial charge in [0.05, 0.1) is 0 Å². The highest BCUT2D eigenvalue weighted by Crippen LogP contribution is 2.40. The lowest BCUT2D eigenvalue weighted by Gasteiger charge is -1.94. The summed E-state index contributed by atoms with van der Waals surface area (Å²) in [5, 5.41) is 0. The molecule has 1 saturated carbocycles. The lowest BCUT2D eigenvalue weighted by atomic mass is 10.2. The van der Waals surface area contributed by atoms with Gasteiger partial charge in [0.1, 0.15) is 5.52 Å². The van der Waals surface area contributed by atoms with E-state index in [-0.39, 0.29) is 0 Å². The van der Waals surface area contributed by atoms with Gasteiger partial charge in [-0.1, -0.05) is 12.1 Å². The minimum atomic E-state index is 0.522. The van der Waals surface area contributed by atoms with Crippen LogP contribution in [0.15, 0.2) is 22.6 Å². The Morgan fingerprint density at radius 3 is 3.00 bits per heavy atom. The average Bonchev–Trinajstić information content (AvgIpc) is 2.97. The summed E-state index contributed by atoms with van der Waals surface area (Å²) in [6, 6.07) is 5.92. The van der Waals surface area contributed by atoms with E-state index in [9.17, 15) is 0 Å². The van der Waals surface area contributed by atoms with Crippen LogP contribution in [0.4, 0.5) is 0 Å². The highest BCUT2D eigenvalue weighted by atomic mass is 16.3. The summed E-state index contributed by atoms with van der Waals surface area (Å²) in [4.78, 5) is 4.50. The Bertz CT molecular complexity index is 471. The van der Waals surface area contributed by atoms with E-state index in [2.05, 4.69) is 4.98 Å². The molecule has 1 fully saturated rings. The number of rotatable bonds is 2. The molecule has 0 aliphatic heterocycles. The number of hydrogen-bond acceptors (Lipinski definition) is 3. The average molecular weight is 188 g/mol. The zero-order chi connectivity index (χ0) is 9.54. The molecule has 14 heavy (non-hydrogen) atoms. The topological polar surface area (TPSA) is 52.0 Å². The summed E-state index contributed by atoms with van der Waals surface area (Å²) in [5.41, 5.74) is 8.51. The van der Waals surface area contributed by atoms with Crippen LogP contribution in [0.3, 0.4) is 0 Å². The van der Waals surface area contributed by atoms with Crippen molar-refractivity contribution in [1.82, 2.24) is 4.98 Å². The Morgan fingerprint density at radius 1 is 1.43 bits per heavy atom. The van der Waals surface area contributed by atoms with Crippen molar-refractivity contribution >= 4 is 11.1 Å². The summed E-state index contributed by atoms with van der Waals surface area (Å²) in [6.07, 6.45) is 2.43. The van der Waals surface area contributed by atoms with E-state index in [1.54, 1.807) is 0 Å². The molecule has 3 heteroatoms. The Hall–Kier alpha value is -1.35. The Labute approximate surface area is 81.9 Å². The van der Waals surface area contributed by atoms with Gasteiger partial charge in [-0.2, -0.15) is 0 Å². The van der Waals surface area contributed by atoms with Gasteiger partial charge >= 0.3 is 0 Å². The monoisotopic (exact) mass is 188 g/mol. The molecule has 0 bridgehead atoms. The number of oxazole rings is 1. The summed E-state index contributed by atoms with van der Waals surface area (Å²) >= 11 is 0. The minimum absolute atomic E-state index is 0.522. The summed E-state index contributed by atoms with van der Waals surface area (Å²) in [7, 11) is 0. The van der Waals surface area contributed by atoms with Gasteiger partial charge in [-0.3, -0.25) is 0 Å². The molecule has 2 N–H and O–H groups in total. The maximum atomic E-state index is 5.67. The predicted molar refractivity (Wildman–Crippen MR) is 53.9 cm³/mol. The minimum Gasteiger partial charge on any atom is -0.440 e. The summed E-state index contributed by atoms with van der Waals surface area (Å²) in [6.45, 7) is 0.522. The fourth-order valence-corrected chi connectivity index (χ4v) is 1.69. The lowest BCUT2D eigenvalue weighted by molar-refractivity contribution is 0.533. The van der Waals surface area contributed by atoms with Gasteiger partial charge in [0.2, 0.25) is 0 Å². The van der Waals surface area contributed by atoms with Crippen LogP contribution < -0.4 is 5.73 Å². The van der Waals surface area contributed by atoms with Crippen LogP contribution in [0.5, 0.6) is 0 Å². The second-order valence-electron chi connectivity index (χ2n) is 3.79. The Balaban J connectivity index is 2.20. The molecule has 0 spiro atoms. The first-order valence-corrected chi connectivity index (χ1v) is 4.97. The molecule has 1 heterocycles.